The SMILES string of the molecule is Cc1cc(C)c(NC(C)c2cccc(C(C)Nc3c(C)cc(C)cc3C)n2)c(C)c1.O=C([O-])c1c(C2CCCCC2)ccc(O)c1O.[Co+]. The summed E-state index contributed by atoms with van der Waals surface area (Å²) >= 11 is 0. The van der Waals surface area contributed by atoms with Gasteiger partial charge in [-0.2, -0.15) is 0 Å². The molecule has 258 valence electrons. The molecule has 3 aromatic carbocycles. The number of carbonyl (C=O) groups is 1. The number of phenolic OH excluding ortho intramolecular Hbond substituents is 1. The zero-order chi connectivity index (χ0) is 34.4. The van der Waals surface area contributed by atoms with Crippen LogP contribution in [0.15, 0.2) is 54.6 Å². The van der Waals surface area contributed by atoms with Gasteiger partial charge in [0.05, 0.1) is 29.4 Å². The van der Waals surface area contributed by atoms with Crippen LogP contribution in [0.25, 0.3) is 0 Å². The quantitative estimate of drug-likeness (QED) is 0.136. The minimum atomic E-state index is -1.43. The zero-order valence-corrected chi connectivity index (χ0v) is 30.5. The molecule has 1 heterocycles. The Balaban J connectivity index is 0.000000295. The number of carboxylic acids is 1. The zero-order valence-electron chi connectivity index (χ0n) is 29.5. The van der Waals surface area contributed by atoms with Crippen LogP contribution in [-0.4, -0.2) is 21.2 Å². The Morgan fingerprint density at radius 2 is 1.19 bits per heavy atom. The van der Waals surface area contributed by atoms with Gasteiger partial charge in [0.15, 0.2) is 11.5 Å². The van der Waals surface area contributed by atoms with Gasteiger partial charge in [-0.15, -0.1) is 0 Å². The molecule has 0 spiro atoms. The van der Waals surface area contributed by atoms with Crippen LogP contribution in [0.2, 0.25) is 0 Å². The van der Waals surface area contributed by atoms with Crippen molar-refractivity contribution in [3.8, 4) is 11.5 Å². The van der Waals surface area contributed by atoms with E-state index in [2.05, 4.69) is 108 Å². The van der Waals surface area contributed by atoms with Crippen molar-refractivity contribution in [3.05, 3.63) is 110 Å². The van der Waals surface area contributed by atoms with Gasteiger partial charge in [-0.3, -0.25) is 4.98 Å². The second-order valence-corrected chi connectivity index (χ2v) is 13.3. The van der Waals surface area contributed by atoms with Crippen molar-refractivity contribution < 1.29 is 36.9 Å². The number of aromatic hydroxyl groups is 2. The summed E-state index contributed by atoms with van der Waals surface area (Å²) in [6.07, 6.45) is 5.15. The van der Waals surface area contributed by atoms with Crippen LogP contribution >= 0.6 is 0 Å². The number of benzene rings is 3. The van der Waals surface area contributed by atoms with E-state index in [4.69, 9.17) is 4.98 Å². The summed E-state index contributed by atoms with van der Waals surface area (Å²) in [6.45, 7) is 17.3. The standard InChI is InChI=1S/C27H35N3.C13H16O4.Co/c1-16-12-18(3)26(19(4)13-16)28-22(7)24-10-9-11-25(30-24)23(8)29-27-20(5)14-17(2)15-21(27)6;14-10-7-6-9(8-4-2-1-3-5-8)11(12(10)15)13(16)17;/h9-15,22-23,28-29H,1-8H3;6-8,14-15H,1-5H2,(H,16,17);/q;;+1/p-1. The molecule has 1 aliphatic carbocycles. The number of hydrogen-bond donors (Lipinski definition) is 4. The smallest absolute Gasteiger partial charge is 0.545 e. The fourth-order valence-corrected chi connectivity index (χ4v) is 6.91. The summed E-state index contributed by atoms with van der Waals surface area (Å²) in [4.78, 5) is 16.0. The number of aryl methyl sites for hydroxylation is 6. The second-order valence-electron chi connectivity index (χ2n) is 13.3. The number of nitrogens with zero attached hydrogens (tertiary/aromatic N) is 1. The number of anilines is 2. The van der Waals surface area contributed by atoms with E-state index in [0.717, 1.165) is 37.1 Å². The van der Waals surface area contributed by atoms with Crippen molar-refractivity contribution in [3.63, 3.8) is 0 Å². The molecule has 0 radical (unpaired) electrons. The first-order valence-electron chi connectivity index (χ1n) is 16.7. The molecule has 8 heteroatoms. The van der Waals surface area contributed by atoms with Crippen LogP contribution in [0.4, 0.5) is 11.4 Å². The third-order valence-corrected chi connectivity index (χ3v) is 9.19. The van der Waals surface area contributed by atoms with Crippen molar-refractivity contribution in [2.75, 3.05) is 10.6 Å². The predicted octanol–water partition coefficient (Wildman–Crippen LogP) is 8.78. The fourth-order valence-electron chi connectivity index (χ4n) is 6.91. The van der Waals surface area contributed by atoms with Crippen LogP contribution in [-0.2, 0) is 16.8 Å². The van der Waals surface area contributed by atoms with Gasteiger partial charge < -0.3 is 30.7 Å². The van der Waals surface area contributed by atoms with E-state index in [-0.39, 0.29) is 40.3 Å². The number of aromatic nitrogens is 1. The average molecular weight is 696 g/mol. The molecule has 7 nitrogen and oxygen atoms in total. The number of nitrogens with one attached hydrogen (secondary N) is 2. The number of carboxylic acid groups (broad SMARTS) is 1. The molecule has 2 atom stereocenters. The third-order valence-electron chi connectivity index (χ3n) is 9.19. The maximum atomic E-state index is 11.1. The van der Waals surface area contributed by atoms with Crippen molar-refractivity contribution in [1.29, 1.82) is 0 Å². The molecule has 0 saturated heterocycles. The first-order chi connectivity index (χ1) is 22.3. The van der Waals surface area contributed by atoms with E-state index in [1.54, 1.807) is 6.07 Å². The Bertz CT molecular complexity index is 1610. The molecule has 1 aromatic heterocycles. The number of hydrogen-bond acceptors (Lipinski definition) is 7. The first-order valence-corrected chi connectivity index (χ1v) is 16.7. The van der Waals surface area contributed by atoms with Gasteiger partial charge in [-0.1, -0.05) is 66.8 Å². The van der Waals surface area contributed by atoms with E-state index in [1.165, 1.54) is 57.2 Å². The van der Waals surface area contributed by atoms with Crippen LogP contribution in [0.1, 0.15) is 125 Å². The van der Waals surface area contributed by atoms with Gasteiger partial charge in [0.25, 0.3) is 0 Å². The number of pyridine rings is 1. The topological polar surface area (TPSA) is 118 Å². The Kier molecular flexibility index (Phi) is 13.5. The Hall–Kier alpha value is -4.01. The third kappa shape index (κ3) is 9.32. The molecule has 0 aliphatic heterocycles. The summed E-state index contributed by atoms with van der Waals surface area (Å²) in [5, 5.41) is 37.4. The van der Waals surface area contributed by atoms with Crippen molar-refractivity contribution in [2.45, 2.75) is 105 Å². The first kappa shape index (κ1) is 38.4. The van der Waals surface area contributed by atoms with Gasteiger partial charge >= 0.3 is 16.8 Å². The van der Waals surface area contributed by atoms with Crippen LogP contribution in [0.3, 0.4) is 0 Å². The summed E-state index contributed by atoms with van der Waals surface area (Å²) in [5.41, 5.74) is 12.5. The van der Waals surface area contributed by atoms with E-state index >= 15 is 0 Å². The molecule has 1 fully saturated rings. The summed E-state index contributed by atoms with van der Waals surface area (Å²) < 4.78 is 0. The molecular formula is C40H50CoN3O4. The monoisotopic (exact) mass is 695 g/mol. The van der Waals surface area contributed by atoms with Gasteiger partial charge in [0, 0.05) is 16.9 Å². The van der Waals surface area contributed by atoms with Gasteiger partial charge in [0.1, 0.15) is 0 Å². The van der Waals surface area contributed by atoms with E-state index in [0.29, 0.717) is 5.56 Å². The molecule has 48 heavy (non-hydrogen) atoms. The molecule has 5 rings (SSSR count). The van der Waals surface area contributed by atoms with Crippen molar-refractivity contribution in [1.82, 2.24) is 4.98 Å². The molecular weight excluding hydrogens is 645 g/mol. The summed E-state index contributed by atoms with van der Waals surface area (Å²) in [7, 11) is 0. The number of carbonyl (C=O) groups excluding carboxylic acids is 1. The molecule has 4 aromatic rings. The van der Waals surface area contributed by atoms with Crippen LogP contribution in [0, 0.1) is 41.5 Å². The predicted molar refractivity (Wildman–Crippen MR) is 190 cm³/mol. The van der Waals surface area contributed by atoms with Gasteiger partial charge in [0.2, 0.25) is 0 Å². The fraction of sp³-hybridized carbons (Fsp3) is 0.400. The molecule has 1 aliphatic rings. The minimum Gasteiger partial charge on any atom is -0.545 e. The maximum absolute atomic E-state index is 11.1. The van der Waals surface area contributed by atoms with Crippen molar-refractivity contribution >= 4 is 17.3 Å². The molecule has 1 saturated carbocycles. The molecule has 0 amide bonds. The maximum Gasteiger partial charge on any atom is 1.00 e. The summed E-state index contributed by atoms with van der Waals surface area (Å²) in [6, 6.07) is 18.4. The average Bonchev–Trinajstić information content (AvgIpc) is 3.02. The number of rotatable bonds is 8. The molecule has 2 unspecified atom stereocenters. The molecule has 4 N–H and O–H groups in total. The summed E-state index contributed by atoms with van der Waals surface area (Å²) in [5.74, 6) is -2.28. The molecule has 0 bridgehead atoms. The largest absolute Gasteiger partial charge is 1.00 e. The van der Waals surface area contributed by atoms with E-state index < -0.39 is 17.5 Å². The second kappa shape index (κ2) is 16.9. The number of phenols is 2. The Morgan fingerprint density at radius 3 is 1.60 bits per heavy atom. The van der Waals surface area contributed by atoms with Crippen molar-refractivity contribution in [2.24, 2.45) is 0 Å². The normalized spacial score (nSPS) is 14.2. The Labute approximate surface area is 296 Å². The van der Waals surface area contributed by atoms with Crippen LogP contribution < -0.4 is 15.7 Å². The van der Waals surface area contributed by atoms with Gasteiger partial charge in [-0.25, -0.2) is 0 Å². The Morgan fingerprint density at radius 1 is 0.750 bits per heavy atom. The number of aromatic carboxylic acids is 1. The van der Waals surface area contributed by atoms with E-state index in [9.17, 15) is 20.1 Å². The minimum absolute atomic E-state index is 0. The van der Waals surface area contributed by atoms with Crippen LogP contribution in [0.5, 0.6) is 11.5 Å². The van der Waals surface area contributed by atoms with Gasteiger partial charge in [-0.05, 0) is 120 Å². The van der Waals surface area contributed by atoms with E-state index in [1.807, 2.05) is 0 Å².